The lowest BCUT2D eigenvalue weighted by Gasteiger charge is -2.07. The van der Waals surface area contributed by atoms with E-state index in [0.717, 1.165) is 4.90 Å². The summed E-state index contributed by atoms with van der Waals surface area (Å²) in [4.78, 5) is 13.9. The van der Waals surface area contributed by atoms with Crippen LogP contribution in [0.1, 0.15) is 21.7 Å². The summed E-state index contributed by atoms with van der Waals surface area (Å²) in [6.07, 6.45) is 1.47. The van der Waals surface area contributed by atoms with E-state index in [1.807, 2.05) is 30.3 Å². The smallest absolute Gasteiger partial charge is 0.293 e. The molecule has 0 fully saturated rings. The Morgan fingerprint density at radius 2 is 1.97 bits per heavy atom. The van der Waals surface area contributed by atoms with Gasteiger partial charge in [-0.2, -0.15) is 9.78 Å². The third-order valence-electron chi connectivity index (χ3n) is 4.58. The molecule has 2 aromatic heterocycles. The molecule has 0 bridgehead atoms. The monoisotopic (exact) mass is 480 g/mol. The van der Waals surface area contributed by atoms with E-state index in [9.17, 15) is 4.79 Å². The van der Waals surface area contributed by atoms with Crippen LogP contribution in [0.4, 0.5) is 5.82 Å². The molecule has 12 nitrogen and oxygen atoms in total. The zero-order chi connectivity index (χ0) is 23.9. The number of benzene rings is 2. The number of amides is 1. The van der Waals surface area contributed by atoms with Crippen LogP contribution in [0.5, 0.6) is 11.5 Å². The summed E-state index contributed by atoms with van der Waals surface area (Å²) in [6.45, 7) is 0. The Bertz CT molecular complexity index is 1310. The first kappa shape index (κ1) is 22.8. The summed E-state index contributed by atoms with van der Waals surface area (Å²) in [6, 6.07) is 14.9. The molecule has 13 heteroatoms. The first-order chi connectivity index (χ1) is 16.6. The van der Waals surface area contributed by atoms with E-state index in [1.54, 1.807) is 25.3 Å². The number of nitrogens with one attached hydrogen (secondary N) is 1. The number of ether oxygens (including phenoxy) is 2. The molecule has 0 spiro atoms. The number of nitrogens with zero attached hydrogens (tertiary/aromatic N) is 6. The topological polar surface area (TPSA) is 156 Å². The Kier molecular flexibility index (Phi) is 7.03. The Morgan fingerprint density at radius 3 is 2.68 bits per heavy atom. The second-order valence-electron chi connectivity index (χ2n) is 6.68. The molecule has 2 heterocycles. The number of nitrogens with two attached hydrogens (primary N) is 1. The van der Waals surface area contributed by atoms with Gasteiger partial charge in [0.15, 0.2) is 17.2 Å². The fourth-order valence-electron chi connectivity index (χ4n) is 2.94. The largest absolute Gasteiger partial charge is 0.493 e. The number of hydrogen-bond donors (Lipinski definition) is 2. The average Bonchev–Trinajstić information content (AvgIpc) is 3.48. The Balaban J connectivity index is 1.55. The number of methoxy groups -OCH3 is 2. The highest BCUT2D eigenvalue weighted by atomic mass is 32.2. The highest BCUT2D eigenvalue weighted by Gasteiger charge is 2.24. The molecule has 0 saturated carbocycles. The van der Waals surface area contributed by atoms with Gasteiger partial charge in [-0.05, 0) is 46.2 Å². The molecule has 1 amide bonds. The van der Waals surface area contributed by atoms with Gasteiger partial charge in [-0.1, -0.05) is 23.4 Å². The first-order valence-corrected chi connectivity index (χ1v) is 10.9. The van der Waals surface area contributed by atoms with Gasteiger partial charge in [-0.15, -0.1) is 16.9 Å². The van der Waals surface area contributed by atoms with Crippen molar-refractivity contribution in [2.75, 3.05) is 20.0 Å². The number of anilines is 1. The van der Waals surface area contributed by atoms with Gasteiger partial charge in [-0.25, -0.2) is 10.1 Å². The van der Waals surface area contributed by atoms with Crippen LogP contribution < -0.4 is 20.6 Å². The molecular weight excluding hydrogens is 460 g/mol. The molecule has 0 unspecified atom stereocenters. The highest BCUT2D eigenvalue weighted by Crippen LogP contribution is 2.27. The van der Waals surface area contributed by atoms with Crippen LogP contribution in [0.15, 0.2) is 63.2 Å². The molecular formula is C21H20N8O4S. The molecule has 0 aliphatic carbocycles. The summed E-state index contributed by atoms with van der Waals surface area (Å²) in [5.74, 6) is 1.09. The molecule has 0 saturated heterocycles. The van der Waals surface area contributed by atoms with E-state index < -0.39 is 5.91 Å². The lowest BCUT2D eigenvalue weighted by Crippen LogP contribution is -2.20. The maximum Gasteiger partial charge on any atom is 0.293 e. The minimum absolute atomic E-state index is 0.0225. The van der Waals surface area contributed by atoms with Gasteiger partial charge in [0.05, 0.1) is 26.1 Å². The molecule has 0 aliphatic heterocycles. The molecule has 2 aromatic carbocycles. The van der Waals surface area contributed by atoms with E-state index in [0.29, 0.717) is 28.5 Å². The number of rotatable bonds is 9. The predicted octanol–water partition coefficient (Wildman–Crippen LogP) is 2.31. The van der Waals surface area contributed by atoms with Crippen molar-refractivity contribution in [3.8, 4) is 17.3 Å². The van der Waals surface area contributed by atoms with Crippen molar-refractivity contribution in [2.45, 2.75) is 10.6 Å². The van der Waals surface area contributed by atoms with Crippen LogP contribution >= 0.6 is 11.8 Å². The molecule has 4 aromatic rings. The van der Waals surface area contributed by atoms with Crippen molar-refractivity contribution >= 4 is 29.7 Å². The summed E-state index contributed by atoms with van der Waals surface area (Å²) in [5, 5.41) is 19.4. The summed E-state index contributed by atoms with van der Waals surface area (Å²) >= 11 is 1.49. The summed E-state index contributed by atoms with van der Waals surface area (Å²) < 4.78 is 16.5. The molecule has 0 atom stereocenters. The average molecular weight is 481 g/mol. The van der Waals surface area contributed by atoms with Crippen molar-refractivity contribution in [1.82, 2.24) is 30.7 Å². The van der Waals surface area contributed by atoms with E-state index >= 15 is 0 Å². The van der Waals surface area contributed by atoms with Crippen LogP contribution in [0, 0.1) is 0 Å². The van der Waals surface area contributed by atoms with Crippen molar-refractivity contribution in [3.63, 3.8) is 0 Å². The third-order valence-corrected chi connectivity index (χ3v) is 5.60. The highest BCUT2D eigenvalue weighted by molar-refractivity contribution is 7.98. The quantitative estimate of drug-likeness (QED) is 0.207. The minimum atomic E-state index is -0.554. The lowest BCUT2D eigenvalue weighted by atomic mass is 10.2. The standard InChI is InChI=1S/C21H20N8O4S/c1-31-16-9-8-13(10-17(16)32-2)11-23-25-21(30)18-15(12-34-14-6-4-3-5-7-14)29(28-24-18)20-19(22)26-33-27-20/h3-11H,12H2,1-2H3,(H2,22,26)(H,25,30)/b23-11-. The maximum atomic E-state index is 12.9. The Hall–Kier alpha value is -4.39. The Labute approximate surface area is 198 Å². The molecule has 174 valence electrons. The van der Waals surface area contributed by atoms with Gasteiger partial charge in [0.2, 0.25) is 11.6 Å². The maximum absolute atomic E-state index is 12.9. The van der Waals surface area contributed by atoms with E-state index in [4.69, 9.17) is 15.2 Å². The van der Waals surface area contributed by atoms with Gasteiger partial charge in [0.25, 0.3) is 5.91 Å². The summed E-state index contributed by atoms with van der Waals surface area (Å²) in [5.41, 5.74) is 9.50. The van der Waals surface area contributed by atoms with Gasteiger partial charge in [0.1, 0.15) is 0 Å². The van der Waals surface area contributed by atoms with Crippen LogP contribution in [0.25, 0.3) is 5.82 Å². The van der Waals surface area contributed by atoms with Crippen molar-refractivity contribution < 1.29 is 18.9 Å². The van der Waals surface area contributed by atoms with Crippen LogP contribution in [-0.4, -0.2) is 51.6 Å². The molecule has 0 radical (unpaired) electrons. The fraction of sp³-hybridized carbons (Fsp3) is 0.143. The zero-order valence-electron chi connectivity index (χ0n) is 18.2. The van der Waals surface area contributed by atoms with E-state index in [2.05, 4.69) is 35.8 Å². The van der Waals surface area contributed by atoms with E-state index in [-0.39, 0.29) is 17.3 Å². The SMILES string of the molecule is COc1ccc(/C=N\NC(=O)c2nnn(-c3nonc3N)c2CSc2ccccc2)cc1OC. The number of nitrogen functional groups attached to an aromatic ring is 1. The molecule has 4 rings (SSSR count). The lowest BCUT2D eigenvalue weighted by molar-refractivity contribution is 0.0949. The number of aromatic nitrogens is 5. The predicted molar refractivity (Wildman–Crippen MR) is 124 cm³/mol. The molecule has 0 aliphatic rings. The fourth-order valence-corrected chi connectivity index (χ4v) is 3.85. The number of carbonyl (C=O) groups excluding carboxylic acids is 1. The van der Waals surface area contributed by atoms with E-state index in [1.165, 1.54) is 29.8 Å². The number of carbonyl (C=O) groups is 1. The number of thioether (sulfide) groups is 1. The normalized spacial score (nSPS) is 11.0. The molecule has 34 heavy (non-hydrogen) atoms. The van der Waals surface area contributed by atoms with Gasteiger partial charge in [-0.3, -0.25) is 4.79 Å². The second-order valence-corrected chi connectivity index (χ2v) is 7.73. The van der Waals surface area contributed by atoms with Gasteiger partial charge < -0.3 is 15.2 Å². The third kappa shape index (κ3) is 4.99. The molecule has 3 N–H and O–H groups in total. The Morgan fingerprint density at radius 1 is 1.18 bits per heavy atom. The van der Waals surface area contributed by atoms with Gasteiger partial charge in [0, 0.05) is 10.6 Å². The van der Waals surface area contributed by atoms with Crippen LogP contribution in [0.3, 0.4) is 0 Å². The number of hydrazone groups is 1. The van der Waals surface area contributed by atoms with Crippen LogP contribution in [0.2, 0.25) is 0 Å². The van der Waals surface area contributed by atoms with Crippen molar-refractivity contribution in [2.24, 2.45) is 5.10 Å². The van der Waals surface area contributed by atoms with Gasteiger partial charge >= 0.3 is 0 Å². The van der Waals surface area contributed by atoms with Crippen LogP contribution in [-0.2, 0) is 5.75 Å². The second kappa shape index (κ2) is 10.5. The minimum Gasteiger partial charge on any atom is -0.493 e. The number of hydrogen-bond acceptors (Lipinski definition) is 11. The summed E-state index contributed by atoms with van der Waals surface area (Å²) in [7, 11) is 3.09. The zero-order valence-corrected chi connectivity index (χ0v) is 19.0. The van der Waals surface area contributed by atoms with Crippen molar-refractivity contribution in [3.05, 3.63) is 65.5 Å². The van der Waals surface area contributed by atoms with Crippen molar-refractivity contribution in [1.29, 1.82) is 0 Å². The first-order valence-electron chi connectivity index (χ1n) is 9.87.